The first-order chi connectivity index (χ1) is 11.9. The number of aromatic nitrogens is 2. The second-order valence-corrected chi connectivity index (χ2v) is 7.04. The predicted octanol–water partition coefficient (Wildman–Crippen LogP) is 1.87. The molecule has 2 aromatic rings. The molecular formula is C19H24FN3O2. The van der Waals surface area contributed by atoms with Gasteiger partial charge >= 0.3 is 0 Å². The third-order valence-electron chi connectivity index (χ3n) is 4.67. The van der Waals surface area contributed by atoms with Crippen LogP contribution in [0.25, 0.3) is 0 Å². The molecular weight excluding hydrogens is 321 g/mol. The summed E-state index contributed by atoms with van der Waals surface area (Å²) in [6, 6.07) is 6.32. The zero-order chi connectivity index (χ0) is 18.0. The summed E-state index contributed by atoms with van der Waals surface area (Å²) < 4.78 is 13.3. The molecule has 1 aliphatic rings. The lowest BCUT2D eigenvalue weighted by Gasteiger charge is -2.30. The van der Waals surface area contributed by atoms with Gasteiger partial charge in [-0.2, -0.15) is 0 Å². The van der Waals surface area contributed by atoms with Crippen molar-refractivity contribution in [2.75, 3.05) is 13.1 Å². The van der Waals surface area contributed by atoms with E-state index in [4.69, 9.17) is 0 Å². The molecule has 2 heterocycles. The number of aliphatic hydroxyl groups is 1. The summed E-state index contributed by atoms with van der Waals surface area (Å²) in [5.74, 6) is 0.452. The second-order valence-electron chi connectivity index (χ2n) is 7.04. The maximum atomic E-state index is 13.3. The van der Waals surface area contributed by atoms with Crippen LogP contribution in [0.2, 0.25) is 0 Å². The van der Waals surface area contributed by atoms with E-state index < -0.39 is 6.10 Å². The van der Waals surface area contributed by atoms with E-state index in [1.165, 1.54) is 12.1 Å². The van der Waals surface area contributed by atoms with E-state index in [-0.39, 0.29) is 17.3 Å². The first-order valence-corrected chi connectivity index (χ1v) is 8.68. The van der Waals surface area contributed by atoms with Crippen molar-refractivity contribution < 1.29 is 9.50 Å². The summed E-state index contributed by atoms with van der Waals surface area (Å²) in [6.07, 6.45) is 0.678. The fourth-order valence-electron chi connectivity index (χ4n) is 3.09. The molecule has 25 heavy (non-hydrogen) atoms. The molecule has 0 saturated heterocycles. The van der Waals surface area contributed by atoms with Gasteiger partial charge in [0.2, 0.25) is 0 Å². The number of nitrogens with one attached hydrogen (secondary N) is 1. The summed E-state index contributed by atoms with van der Waals surface area (Å²) >= 11 is 0. The molecule has 0 aliphatic carbocycles. The number of hydrogen-bond donors (Lipinski definition) is 2. The number of rotatable bonds is 5. The number of halogens is 1. The van der Waals surface area contributed by atoms with Gasteiger partial charge in [0.1, 0.15) is 11.6 Å². The van der Waals surface area contributed by atoms with E-state index in [1.54, 1.807) is 6.07 Å². The van der Waals surface area contributed by atoms with Gasteiger partial charge < -0.3 is 10.1 Å². The quantitative estimate of drug-likeness (QED) is 0.868. The average Bonchev–Trinajstić information content (AvgIpc) is 2.55. The minimum absolute atomic E-state index is 0.139. The van der Waals surface area contributed by atoms with Gasteiger partial charge in [0.05, 0.1) is 17.4 Å². The second kappa shape index (κ2) is 7.45. The summed E-state index contributed by atoms with van der Waals surface area (Å²) in [6.45, 7) is 5.79. The molecule has 0 spiro atoms. The van der Waals surface area contributed by atoms with E-state index in [2.05, 4.69) is 14.9 Å². The van der Waals surface area contributed by atoms with Crippen molar-refractivity contribution in [3.63, 3.8) is 0 Å². The van der Waals surface area contributed by atoms with Crippen LogP contribution in [0, 0.1) is 11.7 Å². The van der Waals surface area contributed by atoms with E-state index >= 15 is 0 Å². The highest BCUT2D eigenvalue weighted by Crippen LogP contribution is 2.16. The van der Waals surface area contributed by atoms with Gasteiger partial charge in [0.25, 0.3) is 5.56 Å². The van der Waals surface area contributed by atoms with Gasteiger partial charge in [-0.15, -0.1) is 0 Å². The Morgan fingerprint density at radius 2 is 2.20 bits per heavy atom. The van der Waals surface area contributed by atoms with E-state index in [0.29, 0.717) is 37.3 Å². The van der Waals surface area contributed by atoms with E-state index in [0.717, 1.165) is 17.8 Å². The van der Waals surface area contributed by atoms with Crippen LogP contribution >= 0.6 is 0 Å². The van der Waals surface area contributed by atoms with Crippen molar-refractivity contribution in [3.05, 3.63) is 63.1 Å². The van der Waals surface area contributed by atoms with Crippen LogP contribution in [0.3, 0.4) is 0 Å². The van der Waals surface area contributed by atoms with E-state index in [1.807, 2.05) is 19.9 Å². The Bertz CT molecular complexity index is 803. The Hall–Kier alpha value is -2.05. The number of aromatic amines is 1. The maximum absolute atomic E-state index is 13.3. The van der Waals surface area contributed by atoms with Crippen molar-refractivity contribution in [2.45, 2.75) is 39.3 Å². The molecule has 1 aromatic carbocycles. The smallest absolute Gasteiger partial charge is 0.255 e. The number of aliphatic hydroxyl groups excluding tert-OH is 1. The number of benzene rings is 1. The lowest BCUT2D eigenvalue weighted by atomic mass is 10.0. The largest absolute Gasteiger partial charge is 0.392 e. The van der Waals surface area contributed by atoms with Gasteiger partial charge in [0, 0.05) is 32.5 Å². The van der Waals surface area contributed by atoms with Gasteiger partial charge in [-0.3, -0.25) is 9.69 Å². The van der Waals surface area contributed by atoms with E-state index in [9.17, 15) is 14.3 Å². The summed E-state index contributed by atoms with van der Waals surface area (Å²) in [4.78, 5) is 21.9. The molecule has 1 aromatic heterocycles. The Kier molecular flexibility index (Phi) is 5.30. The third-order valence-corrected chi connectivity index (χ3v) is 4.67. The highest BCUT2D eigenvalue weighted by Gasteiger charge is 2.23. The normalized spacial score (nSPS) is 16.0. The number of fused-ring (bicyclic) bond motifs is 1. The Morgan fingerprint density at radius 1 is 1.40 bits per heavy atom. The zero-order valence-corrected chi connectivity index (χ0v) is 14.6. The van der Waals surface area contributed by atoms with Gasteiger partial charge in [-0.05, 0) is 23.6 Å². The Balaban J connectivity index is 1.76. The van der Waals surface area contributed by atoms with Gasteiger partial charge in [-0.1, -0.05) is 26.0 Å². The van der Waals surface area contributed by atoms with Crippen molar-refractivity contribution in [3.8, 4) is 0 Å². The Morgan fingerprint density at radius 3 is 2.92 bits per heavy atom. The topological polar surface area (TPSA) is 69.2 Å². The molecule has 5 nitrogen and oxygen atoms in total. The lowest BCUT2D eigenvalue weighted by molar-refractivity contribution is 0.0704. The molecule has 0 fully saturated rings. The van der Waals surface area contributed by atoms with Crippen molar-refractivity contribution in [2.24, 2.45) is 5.92 Å². The highest BCUT2D eigenvalue weighted by atomic mass is 19.1. The number of H-pyrrole nitrogens is 1. The van der Waals surface area contributed by atoms with Crippen LogP contribution in [-0.2, 0) is 19.4 Å². The van der Waals surface area contributed by atoms with Crippen LogP contribution in [0.1, 0.15) is 36.5 Å². The van der Waals surface area contributed by atoms with Crippen LogP contribution < -0.4 is 5.56 Å². The highest BCUT2D eigenvalue weighted by molar-refractivity contribution is 5.24. The molecule has 0 unspecified atom stereocenters. The van der Waals surface area contributed by atoms with Crippen LogP contribution in [-0.4, -0.2) is 39.2 Å². The lowest BCUT2D eigenvalue weighted by Crippen LogP contribution is -2.41. The van der Waals surface area contributed by atoms with Crippen LogP contribution in [0.15, 0.2) is 29.1 Å². The third kappa shape index (κ3) is 4.32. The standard InChI is InChI=1S/C19H24FN3O2/c1-12(2)17(24)11-23-7-6-16-15(10-23)19(25)22-18(21-16)9-13-4-3-5-14(20)8-13/h3-5,8,12,17,24H,6-7,9-11H2,1-2H3,(H,21,22,25)/t17-/m0/s1. The molecule has 6 heteroatoms. The van der Waals surface area contributed by atoms with Gasteiger partial charge in [-0.25, -0.2) is 9.37 Å². The van der Waals surface area contributed by atoms with Crippen molar-refractivity contribution in [1.29, 1.82) is 0 Å². The summed E-state index contributed by atoms with van der Waals surface area (Å²) in [5.41, 5.74) is 2.12. The minimum Gasteiger partial charge on any atom is -0.392 e. The molecule has 0 amide bonds. The maximum Gasteiger partial charge on any atom is 0.255 e. The minimum atomic E-state index is -0.402. The average molecular weight is 345 g/mol. The Labute approximate surface area is 146 Å². The number of hydrogen-bond acceptors (Lipinski definition) is 4. The SMILES string of the molecule is CC(C)[C@@H](O)CN1CCc2nc(Cc3cccc(F)c3)[nH]c(=O)c2C1. The molecule has 1 atom stereocenters. The zero-order valence-electron chi connectivity index (χ0n) is 14.6. The summed E-state index contributed by atoms with van der Waals surface area (Å²) in [5, 5.41) is 10.1. The van der Waals surface area contributed by atoms with Crippen molar-refractivity contribution in [1.82, 2.24) is 14.9 Å². The molecule has 1 aliphatic heterocycles. The number of nitrogens with zero attached hydrogens (tertiary/aromatic N) is 2. The van der Waals surface area contributed by atoms with Crippen LogP contribution in [0.5, 0.6) is 0 Å². The molecule has 3 rings (SSSR count). The first kappa shape index (κ1) is 17.8. The fraction of sp³-hybridized carbons (Fsp3) is 0.474. The number of β-amino-alcohol motifs (C(OH)–C–C–N with tert-alkyl or cyclic N) is 1. The predicted molar refractivity (Wildman–Crippen MR) is 93.9 cm³/mol. The van der Waals surface area contributed by atoms with Crippen molar-refractivity contribution >= 4 is 0 Å². The van der Waals surface area contributed by atoms with Gasteiger partial charge in [0.15, 0.2) is 0 Å². The summed E-state index contributed by atoms with van der Waals surface area (Å²) in [7, 11) is 0. The van der Waals surface area contributed by atoms with Crippen LogP contribution in [0.4, 0.5) is 4.39 Å². The molecule has 0 radical (unpaired) electrons. The monoisotopic (exact) mass is 345 g/mol. The molecule has 0 saturated carbocycles. The molecule has 2 N–H and O–H groups in total. The molecule has 0 bridgehead atoms. The molecule has 134 valence electrons. The fourth-order valence-corrected chi connectivity index (χ4v) is 3.09. The first-order valence-electron chi connectivity index (χ1n) is 8.68.